The van der Waals surface area contributed by atoms with E-state index >= 15 is 0 Å². The summed E-state index contributed by atoms with van der Waals surface area (Å²) in [6, 6.07) is 0. The maximum atomic E-state index is 11.6. The molecule has 1 N–H and O–H groups in total. The molecular weight excluding hydrogens is 196 g/mol. The van der Waals surface area contributed by atoms with Crippen LogP contribution in [-0.2, 0) is 9.59 Å². The first kappa shape index (κ1) is 12.0. The molecule has 1 atom stereocenters. The largest absolute Gasteiger partial charge is 0.392 e. The van der Waals surface area contributed by atoms with Gasteiger partial charge in [-0.2, -0.15) is 0 Å². The Hall–Kier alpha value is -1.10. The minimum Gasteiger partial charge on any atom is -0.392 e. The lowest BCUT2D eigenvalue weighted by atomic mass is 10.3. The van der Waals surface area contributed by atoms with Crippen LogP contribution in [0.15, 0.2) is 0 Å². The lowest BCUT2D eigenvalue weighted by Crippen LogP contribution is -2.37. The van der Waals surface area contributed by atoms with Gasteiger partial charge in [-0.3, -0.25) is 9.59 Å². The number of nitrogens with zero attached hydrogens (tertiary/aromatic N) is 2. The van der Waals surface area contributed by atoms with Crippen LogP contribution in [0.4, 0.5) is 0 Å². The minimum atomic E-state index is -0.544. The maximum Gasteiger partial charge on any atom is 0.232 e. The smallest absolute Gasteiger partial charge is 0.232 e. The van der Waals surface area contributed by atoms with Gasteiger partial charge in [0.25, 0.3) is 0 Å². The van der Waals surface area contributed by atoms with E-state index in [2.05, 4.69) is 0 Å². The van der Waals surface area contributed by atoms with E-state index < -0.39 is 6.10 Å². The van der Waals surface area contributed by atoms with E-state index in [1.165, 1.54) is 0 Å². The van der Waals surface area contributed by atoms with E-state index in [9.17, 15) is 14.7 Å². The Kier molecular flexibility index (Phi) is 4.08. The summed E-state index contributed by atoms with van der Waals surface area (Å²) in [7, 11) is 0. The van der Waals surface area contributed by atoms with Crippen molar-refractivity contribution in [1.82, 2.24) is 9.80 Å². The Morgan fingerprint density at radius 1 is 1.27 bits per heavy atom. The summed E-state index contributed by atoms with van der Waals surface area (Å²) in [5.74, 6) is -0.299. The molecule has 1 aliphatic rings. The molecule has 0 saturated carbocycles. The summed E-state index contributed by atoms with van der Waals surface area (Å²) in [5.41, 5.74) is 0. The van der Waals surface area contributed by atoms with Crippen molar-refractivity contribution < 1.29 is 14.7 Å². The molecular formula is C10H18N2O3. The Balaban J connectivity index is 2.63. The summed E-state index contributed by atoms with van der Waals surface area (Å²) in [6.07, 6.45) is -0.613. The Morgan fingerprint density at radius 2 is 1.80 bits per heavy atom. The average molecular weight is 214 g/mol. The van der Waals surface area contributed by atoms with Gasteiger partial charge in [0.15, 0.2) is 0 Å². The monoisotopic (exact) mass is 214 g/mol. The Bertz CT molecular complexity index is 253. The molecule has 1 fully saturated rings. The molecule has 0 aliphatic carbocycles. The number of likely N-dealkylation sites (N-methyl/N-ethyl adjacent to an activating group) is 1. The highest BCUT2D eigenvalue weighted by Crippen LogP contribution is 2.06. The van der Waals surface area contributed by atoms with Crippen LogP contribution in [-0.4, -0.2) is 59.0 Å². The first-order valence-electron chi connectivity index (χ1n) is 5.28. The van der Waals surface area contributed by atoms with Crippen molar-refractivity contribution in [3.8, 4) is 0 Å². The van der Waals surface area contributed by atoms with Gasteiger partial charge in [-0.1, -0.05) is 0 Å². The van der Waals surface area contributed by atoms with Crippen LogP contribution in [0.2, 0.25) is 0 Å². The first-order valence-corrected chi connectivity index (χ1v) is 5.28. The zero-order chi connectivity index (χ0) is 11.4. The summed E-state index contributed by atoms with van der Waals surface area (Å²) < 4.78 is 0. The topological polar surface area (TPSA) is 60.9 Å². The van der Waals surface area contributed by atoms with E-state index in [0.29, 0.717) is 26.2 Å². The van der Waals surface area contributed by atoms with Crippen LogP contribution < -0.4 is 0 Å². The molecule has 0 spiro atoms. The summed E-state index contributed by atoms with van der Waals surface area (Å²) in [5, 5.41) is 9.21. The maximum absolute atomic E-state index is 11.6. The van der Waals surface area contributed by atoms with Gasteiger partial charge < -0.3 is 14.9 Å². The quantitative estimate of drug-likeness (QED) is 0.641. The van der Waals surface area contributed by atoms with Crippen LogP contribution in [0.25, 0.3) is 0 Å². The highest BCUT2D eigenvalue weighted by molar-refractivity contribution is 5.97. The highest BCUT2D eigenvalue weighted by Gasteiger charge is 2.25. The molecule has 1 unspecified atom stereocenters. The van der Waals surface area contributed by atoms with Crippen molar-refractivity contribution in [2.75, 3.05) is 26.2 Å². The van der Waals surface area contributed by atoms with Gasteiger partial charge >= 0.3 is 0 Å². The predicted molar refractivity (Wildman–Crippen MR) is 55.1 cm³/mol. The molecule has 0 aromatic rings. The average Bonchev–Trinajstić information content (AvgIpc) is 2.27. The van der Waals surface area contributed by atoms with Crippen molar-refractivity contribution in [2.24, 2.45) is 0 Å². The SMILES string of the molecule is CCN1CCN(CC(C)O)C(=O)CC1=O. The van der Waals surface area contributed by atoms with E-state index in [1.54, 1.807) is 16.7 Å². The number of hydrogen-bond acceptors (Lipinski definition) is 3. The second kappa shape index (κ2) is 5.11. The molecule has 86 valence electrons. The van der Waals surface area contributed by atoms with Crippen molar-refractivity contribution in [3.05, 3.63) is 0 Å². The predicted octanol–water partition coefficient (Wildman–Crippen LogP) is -0.552. The second-order valence-electron chi connectivity index (χ2n) is 3.84. The zero-order valence-corrected chi connectivity index (χ0v) is 9.27. The standard InChI is InChI=1S/C10H18N2O3/c1-3-11-4-5-12(7-8(2)13)10(15)6-9(11)14/h8,13H,3-7H2,1-2H3. The van der Waals surface area contributed by atoms with Crippen molar-refractivity contribution in [3.63, 3.8) is 0 Å². The van der Waals surface area contributed by atoms with E-state index in [1.807, 2.05) is 6.92 Å². The number of aliphatic hydroxyl groups is 1. The summed E-state index contributed by atoms with van der Waals surface area (Å²) in [6.45, 7) is 5.56. The second-order valence-corrected chi connectivity index (χ2v) is 3.84. The molecule has 5 heteroatoms. The summed E-state index contributed by atoms with van der Waals surface area (Å²) >= 11 is 0. The number of aliphatic hydroxyl groups excluding tert-OH is 1. The van der Waals surface area contributed by atoms with Gasteiger partial charge in [-0.15, -0.1) is 0 Å². The molecule has 0 aromatic carbocycles. The molecule has 2 amide bonds. The van der Waals surface area contributed by atoms with Gasteiger partial charge in [0, 0.05) is 26.2 Å². The minimum absolute atomic E-state index is 0.0689. The molecule has 1 rings (SSSR count). The zero-order valence-electron chi connectivity index (χ0n) is 9.27. The van der Waals surface area contributed by atoms with E-state index in [0.717, 1.165) is 0 Å². The lowest BCUT2D eigenvalue weighted by Gasteiger charge is -2.22. The van der Waals surface area contributed by atoms with Crippen LogP contribution in [0.1, 0.15) is 20.3 Å². The number of amides is 2. The Labute approximate surface area is 89.7 Å². The van der Waals surface area contributed by atoms with E-state index in [4.69, 9.17) is 0 Å². The number of hydrogen-bond donors (Lipinski definition) is 1. The fraction of sp³-hybridized carbons (Fsp3) is 0.800. The van der Waals surface area contributed by atoms with Gasteiger partial charge in [0.1, 0.15) is 6.42 Å². The normalized spacial score (nSPS) is 20.5. The van der Waals surface area contributed by atoms with E-state index in [-0.39, 0.29) is 18.2 Å². The molecule has 1 aliphatic heterocycles. The molecule has 15 heavy (non-hydrogen) atoms. The molecule has 1 saturated heterocycles. The van der Waals surface area contributed by atoms with Gasteiger partial charge in [-0.05, 0) is 13.8 Å². The number of carbonyl (C=O) groups excluding carboxylic acids is 2. The number of carbonyl (C=O) groups is 2. The summed E-state index contributed by atoms with van der Waals surface area (Å²) in [4.78, 5) is 26.3. The highest BCUT2D eigenvalue weighted by atomic mass is 16.3. The fourth-order valence-electron chi connectivity index (χ4n) is 1.69. The third kappa shape index (κ3) is 3.20. The van der Waals surface area contributed by atoms with Crippen LogP contribution in [0.3, 0.4) is 0 Å². The molecule has 0 radical (unpaired) electrons. The number of β-amino-alcohol motifs (C(OH)–C–C–N with tert-alkyl or cyclic N) is 1. The fourth-order valence-corrected chi connectivity index (χ4v) is 1.69. The molecule has 1 heterocycles. The van der Waals surface area contributed by atoms with Crippen molar-refractivity contribution in [2.45, 2.75) is 26.4 Å². The first-order chi connectivity index (χ1) is 7.04. The van der Waals surface area contributed by atoms with Crippen LogP contribution in [0, 0.1) is 0 Å². The van der Waals surface area contributed by atoms with Crippen LogP contribution in [0.5, 0.6) is 0 Å². The van der Waals surface area contributed by atoms with Gasteiger partial charge in [0.05, 0.1) is 6.10 Å². The van der Waals surface area contributed by atoms with Crippen molar-refractivity contribution in [1.29, 1.82) is 0 Å². The number of rotatable bonds is 3. The third-order valence-corrected chi connectivity index (χ3v) is 2.51. The van der Waals surface area contributed by atoms with Crippen molar-refractivity contribution >= 4 is 11.8 Å². The molecule has 5 nitrogen and oxygen atoms in total. The third-order valence-electron chi connectivity index (χ3n) is 2.51. The van der Waals surface area contributed by atoms with Crippen LogP contribution >= 0.6 is 0 Å². The van der Waals surface area contributed by atoms with Gasteiger partial charge in [-0.25, -0.2) is 0 Å². The van der Waals surface area contributed by atoms with Gasteiger partial charge in [0.2, 0.25) is 11.8 Å². The Morgan fingerprint density at radius 3 is 2.33 bits per heavy atom. The lowest BCUT2D eigenvalue weighted by molar-refractivity contribution is -0.137. The molecule has 0 aromatic heterocycles. The molecule has 0 bridgehead atoms.